The highest BCUT2D eigenvalue weighted by atomic mass is 16.5. The maximum absolute atomic E-state index is 11.7. The minimum Gasteiger partial charge on any atom is -0.383 e. The first kappa shape index (κ1) is 14.2. The Morgan fingerprint density at radius 3 is 2.30 bits per heavy atom. The molecule has 2 aromatic rings. The van der Waals surface area contributed by atoms with Crippen molar-refractivity contribution in [2.75, 3.05) is 19.0 Å². The van der Waals surface area contributed by atoms with Gasteiger partial charge in [-0.25, -0.2) is 0 Å². The Labute approximate surface area is 118 Å². The molecule has 0 aliphatic heterocycles. The number of hydrogen-bond acceptors (Lipinski definition) is 3. The van der Waals surface area contributed by atoms with Crippen LogP contribution < -0.4 is 11.1 Å². The molecule has 0 fully saturated rings. The van der Waals surface area contributed by atoms with E-state index < -0.39 is 6.04 Å². The lowest BCUT2D eigenvalue weighted by Gasteiger charge is -2.11. The van der Waals surface area contributed by atoms with Gasteiger partial charge in [-0.1, -0.05) is 42.5 Å². The summed E-state index contributed by atoms with van der Waals surface area (Å²) in [6.07, 6.45) is 0. The Morgan fingerprint density at radius 2 is 1.70 bits per heavy atom. The van der Waals surface area contributed by atoms with E-state index in [2.05, 4.69) is 5.32 Å². The summed E-state index contributed by atoms with van der Waals surface area (Å²) in [5.41, 5.74) is 8.62. The zero-order valence-electron chi connectivity index (χ0n) is 11.4. The van der Waals surface area contributed by atoms with E-state index in [-0.39, 0.29) is 12.5 Å². The lowest BCUT2D eigenvalue weighted by Crippen LogP contribution is -2.39. The molecule has 3 N–H and O–H groups in total. The number of nitrogens with two attached hydrogens (primary N) is 1. The molecule has 0 bridgehead atoms. The van der Waals surface area contributed by atoms with Crippen molar-refractivity contribution in [1.29, 1.82) is 0 Å². The van der Waals surface area contributed by atoms with Gasteiger partial charge in [0, 0.05) is 12.8 Å². The van der Waals surface area contributed by atoms with Crippen LogP contribution in [-0.4, -0.2) is 25.7 Å². The Kier molecular flexibility index (Phi) is 4.87. The van der Waals surface area contributed by atoms with Gasteiger partial charge in [0.2, 0.25) is 5.91 Å². The zero-order valence-corrected chi connectivity index (χ0v) is 11.4. The lowest BCUT2D eigenvalue weighted by atomic mass is 10.1. The number of carbonyl (C=O) groups is 1. The predicted octanol–water partition coefficient (Wildman–Crippen LogP) is 2.27. The summed E-state index contributed by atoms with van der Waals surface area (Å²) in [6.45, 7) is 0.202. The molecule has 2 aromatic carbocycles. The molecule has 0 saturated heterocycles. The summed E-state index contributed by atoms with van der Waals surface area (Å²) in [5.74, 6) is -0.251. The van der Waals surface area contributed by atoms with E-state index in [1.807, 2.05) is 54.6 Å². The molecular weight excluding hydrogens is 252 g/mol. The van der Waals surface area contributed by atoms with Gasteiger partial charge in [0.25, 0.3) is 0 Å². The minimum atomic E-state index is -0.659. The number of benzene rings is 2. The third kappa shape index (κ3) is 3.66. The smallest absolute Gasteiger partial charge is 0.243 e. The SMILES string of the molecule is COCC(N)C(=O)Nc1ccc(-c2ccccc2)cc1. The number of anilines is 1. The predicted molar refractivity (Wildman–Crippen MR) is 80.4 cm³/mol. The summed E-state index contributed by atoms with van der Waals surface area (Å²) < 4.78 is 4.85. The minimum absolute atomic E-state index is 0.202. The number of ether oxygens (including phenoxy) is 1. The van der Waals surface area contributed by atoms with Crippen LogP contribution in [0.1, 0.15) is 0 Å². The fourth-order valence-corrected chi connectivity index (χ4v) is 1.87. The number of hydrogen-bond donors (Lipinski definition) is 2. The third-order valence-electron chi connectivity index (χ3n) is 2.94. The van der Waals surface area contributed by atoms with Gasteiger partial charge >= 0.3 is 0 Å². The molecule has 2 rings (SSSR count). The molecule has 1 atom stereocenters. The molecule has 0 aliphatic carbocycles. The molecule has 20 heavy (non-hydrogen) atoms. The zero-order chi connectivity index (χ0) is 14.4. The molecule has 104 valence electrons. The number of rotatable bonds is 5. The number of carbonyl (C=O) groups excluding carboxylic acids is 1. The Hall–Kier alpha value is -2.17. The van der Waals surface area contributed by atoms with Gasteiger partial charge in [0.15, 0.2) is 0 Å². The van der Waals surface area contributed by atoms with Crippen LogP contribution in [0.15, 0.2) is 54.6 Å². The molecular formula is C16H18N2O2. The largest absolute Gasteiger partial charge is 0.383 e. The van der Waals surface area contributed by atoms with Crippen LogP contribution >= 0.6 is 0 Å². The monoisotopic (exact) mass is 270 g/mol. The highest BCUT2D eigenvalue weighted by Gasteiger charge is 2.12. The molecule has 4 heteroatoms. The van der Waals surface area contributed by atoms with Crippen molar-refractivity contribution in [2.24, 2.45) is 5.73 Å². The fraction of sp³-hybridized carbons (Fsp3) is 0.188. The second-order valence-electron chi connectivity index (χ2n) is 4.49. The van der Waals surface area contributed by atoms with E-state index in [9.17, 15) is 4.79 Å². The molecule has 0 radical (unpaired) electrons. The first-order valence-electron chi connectivity index (χ1n) is 6.41. The van der Waals surface area contributed by atoms with Gasteiger partial charge in [-0.2, -0.15) is 0 Å². The molecule has 0 aliphatic rings. The van der Waals surface area contributed by atoms with Gasteiger partial charge in [-0.15, -0.1) is 0 Å². The molecule has 4 nitrogen and oxygen atoms in total. The molecule has 1 amide bonds. The summed E-state index contributed by atoms with van der Waals surface area (Å²) in [5, 5.41) is 2.76. The molecule has 0 heterocycles. The molecule has 1 unspecified atom stereocenters. The lowest BCUT2D eigenvalue weighted by molar-refractivity contribution is -0.118. The number of amides is 1. The maximum Gasteiger partial charge on any atom is 0.243 e. The van der Waals surface area contributed by atoms with Crippen molar-refractivity contribution in [3.05, 3.63) is 54.6 Å². The van der Waals surface area contributed by atoms with Gasteiger partial charge in [0.05, 0.1) is 6.61 Å². The van der Waals surface area contributed by atoms with Crippen LogP contribution in [0, 0.1) is 0 Å². The van der Waals surface area contributed by atoms with Crippen molar-refractivity contribution in [2.45, 2.75) is 6.04 Å². The molecule has 0 spiro atoms. The van der Waals surface area contributed by atoms with E-state index in [1.54, 1.807) is 0 Å². The van der Waals surface area contributed by atoms with Crippen molar-refractivity contribution in [1.82, 2.24) is 0 Å². The van der Waals surface area contributed by atoms with E-state index in [1.165, 1.54) is 7.11 Å². The van der Waals surface area contributed by atoms with E-state index in [0.717, 1.165) is 16.8 Å². The fourth-order valence-electron chi connectivity index (χ4n) is 1.87. The first-order chi connectivity index (χ1) is 9.70. The highest BCUT2D eigenvalue weighted by Crippen LogP contribution is 2.20. The second-order valence-corrected chi connectivity index (χ2v) is 4.49. The highest BCUT2D eigenvalue weighted by molar-refractivity contribution is 5.95. The van der Waals surface area contributed by atoms with Gasteiger partial charge in [-0.3, -0.25) is 4.79 Å². The average molecular weight is 270 g/mol. The van der Waals surface area contributed by atoms with Crippen LogP contribution in [0.25, 0.3) is 11.1 Å². The normalized spacial score (nSPS) is 11.9. The van der Waals surface area contributed by atoms with Crippen LogP contribution in [-0.2, 0) is 9.53 Å². The summed E-state index contributed by atoms with van der Waals surface area (Å²) in [4.78, 5) is 11.7. The van der Waals surface area contributed by atoms with Crippen molar-refractivity contribution in [3.8, 4) is 11.1 Å². The van der Waals surface area contributed by atoms with E-state index in [0.29, 0.717) is 0 Å². The van der Waals surface area contributed by atoms with Crippen LogP contribution in [0.2, 0.25) is 0 Å². The Balaban J connectivity index is 2.04. The quantitative estimate of drug-likeness (QED) is 0.876. The standard InChI is InChI=1S/C16H18N2O2/c1-20-11-15(17)16(19)18-14-9-7-13(8-10-14)12-5-3-2-4-6-12/h2-10,15H,11,17H2,1H3,(H,18,19). The molecule has 0 aromatic heterocycles. The number of methoxy groups -OCH3 is 1. The van der Waals surface area contributed by atoms with Crippen LogP contribution in [0.5, 0.6) is 0 Å². The second kappa shape index (κ2) is 6.84. The summed E-state index contributed by atoms with van der Waals surface area (Å²) in [7, 11) is 1.52. The number of nitrogens with one attached hydrogen (secondary N) is 1. The first-order valence-corrected chi connectivity index (χ1v) is 6.41. The van der Waals surface area contributed by atoms with E-state index >= 15 is 0 Å². The topological polar surface area (TPSA) is 64.3 Å². The van der Waals surface area contributed by atoms with Crippen LogP contribution in [0.4, 0.5) is 5.69 Å². The Morgan fingerprint density at radius 1 is 1.10 bits per heavy atom. The van der Waals surface area contributed by atoms with Crippen molar-refractivity contribution >= 4 is 11.6 Å². The van der Waals surface area contributed by atoms with Gasteiger partial charge in [0.1, 0.15) is 6.04 Å². The summed E-state index contributed by atoms with van der Waals surface area (Å²) >= 11 is 0. The summed E-state index contributed by atoms with van der Waals surface area (Å²) in [6, 6.07) is 17.1. The van der Waals surface area contributed by atoms with Crippen LogP contribution in [0.3, 0.4) is 0 Å². The maximum atomic E-state index is 11.7. The van der Waals surface area contributed by atoms with Crippen molar-refractivity contribution < 1.29 is 9.53 Å². The molecule has 0 saturated carbocycles. The average Bonchev–Trinajstić information content (AvgIpc) is 2.49. The third-order valence-corrected chi connectivity index (χ3v) is 2.94. The van der Waals surface area contributed by atoms with Gasteiger partial charge < -0.3 is 15.8 Å². The Bertz CT molecular complexity index is 552. The van der Waals surface area contributed by atoms with Crippen molar-refractivity contribution in [3.63, 3.8) is 0 Å². The van der Waals surface area contributed by atoms with Gasteiger partial charge in [-0.05, 0) is 23.3 Å². The van der Waals surface area contributed by atoms with E-state index in [4.69, 9.17) is 10.5 Å².